The normalized spacial score (nSPS) is 12.4. The van der Waals surface area contributed by atoms with E-state index in [1.165, 1.54) is 19.2 Å². The fourth-order valence-corrected chi connectivity index (χ4v) is 2.93. The highest BCUT2D eigenvalue weighted by Gasteiger charge is 2.16. The summed E-state index contributed by atoms with van der Waals surface area (Å²) >= 11 is 0. The Hall–Kier alpha value is -3.61. The van der Waals surface area contributed by atoms with Gasteiger partial charge in [-0.1, -0.05) is 0 Å². The van der Waals surface area contributed by atoms with Crippen LogP contribution in [-0.2, 0) is 0 Å². The molecule has 0 saturated heterocycles. The van der Waals surface area contributed by atoms with Crippen molar-refractivity contribution in [2.24, 2.45) is 0 Å². The highest BCUT2D eigenvalue weighted by Crippen LogP contribution is 2.33. The summed E-state index contributed by atoms with van der Waals surface area (Å²) in [7, 11) is 1.49. The molecule has 0 atom stereocenters. The van der Waals surface area contributed by atoms with Gasteiger partial charge in [0.2, 0.25) is 0 Å². The quantitative estimate of drug-likeness (QED) is 0.743. The predicted molar refractivity (Wildman–Crippen MR) is 102 cm³/mol. The maximum atomic E-state index is 14.7. The maximum Gasteiger partial charge on any atom is 0.255 e. The molecule has 0 bridgehead atoms. The van der Waals surface area contributed by atoms with E-state index in [9.17, 15) is 9.18 Å². The van der Waals surface area contributed by atoms with Crippen molar-refractivity contribution < 1.29 is 23.4 Å². The third-order valence-corrected chi connectivity index (χ3v) is 4.28. The van der Waals surface area contributed by atoms with Crippen molar-refractivity contribution >= 4 is 11.6 Å². The van der Waals surface area contributed by atoms with E-state index in [4.69, 9.17) is 14.2 Å². The lowest BCUT2D eigenvalue weighted by Gasteiger charge is -2.19. The van der Waals surface area contributed by atoms with Crippen LogP contribution >= 0.6 is 0 Å². The Balaban J connectivity index is 1.56. The first-order valence-corrected chi connectivity index (χ1v) is 8.65. The number of nitrogens with one attached hydrogen (secondary N) is 1. The van der Waals surface area contributed by atoms with Gasteiger partial charge in [-0.05, 0) is 42.5 Å². The fourth-order valence-electron chi connectivity index (χ4n) is 2.93. The Morgan fingerprint density at radius 1 is 1.11 bits per heavy atom. The Labute approximate surface area is 160 Å². The second kappa shape index (κ2) is 7.56. The summed E-state index contributed by atoms with van der Waals surface area (Å²) in [5.41, 5.74) is 1.35. The van der Waals surface area contributed by atoms with Gasteiger partial charge in [0, 0.05) is 29.1 Å². The molecule has 142 valence electrons. The predicted octanol–water partition coefficient (Wildman–Crippen LogP) is 3.92. The number of carbonyl (C=O) groups excluding carboxylic acids is 1. The van der Waals surface area contributed by atoms with Gasteiger partial charge >= 0.3 is 0 Å². The number of anilines is 1. The lowest BCUT2D eigenvalue weighted by atomic mass is 10.1. The number of aromatic nitrogens is 1. The third-order valence-electron chi connectivity index (χ3n) is 4.28. The Morgan fingerprint density at radius 3 is 2.71 bits per heavy atom. The standard InChI is InChI=1S/C21H17FN2O4/c1-26-18-3-2-8-23-20(18)15-6-4-13(11-16(15)22)21(25)24-14-5-7-17-19(12-14)28-10-9-27-17/h2-8,11-12H,9-10H2,1H3,(H,24,25). The van der Waals surface area contributed by atoms with Crippen molar-refractivity contribution in [3.63, 3.8) is 0 Å². The minimum atomic E-state index is -0.563. The summed E-state index contributed by atoms with van der Waals surface area (Å²) in [6, 6.07) is 12.7. The zero-order valence-corrected chi connectivity index (χ0v) is 15.1. The minimum Gasteiger partial charge on any atom is -0.494 e. The molecule has 0 fully saturated rings. The number of hydrogen-bond donors (Lipinski definition) is 1. The Kier molecular flexibility index (Phi) is 4.80. The van der Waals surface area contributed by atoms with Crippen molar-refractivity contribution in [1.82, 2.24) is 4.98 Å². The summed E-state index contributed by atoms with van der Waals surface area (Å²) in [6.07, 6.45) is 1.56. The topological polar surface area (TPSA) is 69.7 Å². The minimum absolute atomic E-state index is 0.186. The average Bonchev–Trinajstić information content (AvgIpc) is 2.73. The largest absolute Gasteiger partial charge is 0.494 e. The van der Waals surface area contributed by atoms with Crippen LogP contribution in [0.4, 0.5) is 10.1 Å². The van der Waals surface area contributed by atoms with E-state index in [1.54, 1.807) is 42.6 Å². The van der Waals surface area contributed by atoms with E-state index in [0.29, 0.717) is 41.8 Å². The van der Waals surface area contributed by atoms with Crippen molar-refractivity contribution in [1.29, 1.82) is 0 Å². The lowest BCUT2D eigenvalue weighted by molar-refractivity contribution is 0.102. The smallest absolute Gasteiger partial charge is 0.255 e. The first kappa shape index (κ1) is 17.8. The van der Waals surface area contributed by atoms with Crippen LogP contribution in [0.1, 0.15) is 10.4 Å². The summed E-state index contributed by atoms with van der Waals surface area (Å²) in [5, 5.41) is 2.74. The van der Waals surface area contributed by atoms with E-state index in [0.717, 1.165) is 0 Å². The number of fused-ring (bicyclic) bond motifs is 1. The van der Waals surface area contributed by atoms with Crippen LogP contribution in [0.25, 0.3) is 11.3 Å². The number of carbonyl (C=O) groups is 1. The number of ether oxygens (including phenoxy) is 3. The molecule has 2 aromatic carbocycles. The lowest BCUT2D eigenvalue weighted by Crippen LogP contribution is -2.16. The number of halogens is 1. The molecule has 0 spiro atoms. The summed E-state index contributed by atoms with van der Waals surface area (Å²) in [6.45, 7) is 0.944. The molecule has 0 saturated carbocycles. The van der Waals surface area contributed by atoms with Crippen molar-refractivity contribution in [2.75, 3.05) is 25.6 Å². The van der Waals surface area contributed by atoms with Gasteiger partial charge in [0.15, 0.2) is 11.5 Å². The summed E-state index contributed by atoms with van der Waals surface area (Å²) in [5.74, 6) is 0.647. The molecular formula is C21H17FN2O4. The SMILES string of the molecule is COc1cccnc1-c1ccc(C(=O)Nc2ccc3c(c2)OCCO3)cc1F. The molecule has 2 heterocycles. The molecular weight excluding hydrogens is 363 g/mol. The molecule has 0 unspecified atom stereocenters. The molecule has 4 rings (SSSR count). The van der Waals surface area contributed by atoms with E-state index in [1.807, 2.05) is 0 Å². The van der Waals surface area contributed by atoms with Gasteiger partial charge in [-0.15, -0.1) is 0 Å². The van der Waals surface area contributed by atoms with E-state index in [-0.39, 0.29) is 11.1 Å². The first-order valence-electron chi connectivity index (χ1n) is 8.65. The van der Waals surface area contributed by atoms with Crippen LogP contribution in [0.15, 0.2) is 54.7 Å². The molecule has 1 aliphatic heterocycles. The van der Waals surface area contributed by atoms with Crippen molar-refractivity contribution in [3.05, 3.63) is 66.1 Å². The first-order chi connectivity index (χ1) is 13.7. The maximum absolute atomic E-state index is 14.7. The molecule has 1 aromatic heterocycles. The number of benzene rings is 2. The molecule has 28 heavy (non-hydrogen) atoms. The van der Waals surface area contributed by atoms with Crippen LogP contribution in [0.3, 0.4) is 0 Å². The number of methoxy groups -OCH3 is 1. The molecule has 0 aliphatic carbocycles. The fraction of sp³-hybridized carbons (Fsp3) is 0.143. The van der Waals surface area contributed by atoms with Gasteiger partial charge in [0.25, 0.3) is 5.91 Å². The van der Waals surface area contributed by atoms with Gasteiger partial charge in [0.1, 0.15) is 30.5 Å². The summed E-state index contributed by atoms with van der Waals surface area (Å²) < 4.78 is 30.8. The number of rotatable bonds is 4. The van der Waals surface area contributed by atoms with Crippen LogP contribution < -0.4 is 19.5 Å². The molecule has 1 amide bonds. The summed E-state index contributed by atoms with van der Waals surface area (Å²) in [4.78, 5) is 16.7. The molecule has 0 radical (unpaired) electrons. The number of pyridine rings is 1. The number of nitrogens with zero attached hydrogens (tertiary/aromatic N) is 1. The van der Waals surface area contributed by atoms with Crippen molar-refractivity contribution in [3.8, 4) is 28.5 Å². The van der Waals surface area contributed by atoms with Crippen LogP contribution in [0.2, 0.25) is 0 Å². The molecule has 1 N–H and O–H groups in total. The van der Waals surface area contributed by atoms with Crippen LogP contribution in [0.5, 0.6) is 17.2 Å². The van der Waals surface area contributed by atoms with Gasteiger partial charge in [-0.2, -0.15) is 0 Å². The molecule has 7 heteroatoms. The molecule has 1 aliphatic rings. The van der Waals surface area contributed by atoms with Gasteiger partial charge in [-0.25, -0.2) is 4.39 Å². The van der Waals surface area contributed by atoms with E-state index in [2.05, 4.69) is 10.3 Å². The van der Waals surface area contributed by atoms with Crippen LogP contribution in [-0.4, -0.2) is 31.2 Å². The van der Waals surface area contributed by atoms with E-state index >= 15 is 0 Å². The van der Waals surface area contributed by atoms with Crippen LogP contribution in [0, 0.1) is 5.82 Å². The van der Waals surface area contributed by atoms with Gasteiger partial charge in [-0.3, -0.25) is 9.78 Å². The zero-order chi connectivity index (χ0) is 19.5. The zero-order valence-electron chi connectivity index (χ0n) is 15.1. The van der Waals surface area contributed by atoms with Gasteiger partial charge < -0.3 is 19.5 Å². The van der Waals surface area contributed by atoms with E-state index < -0.39 is 11.7 Å². The Morgan fingerprint density at radius 2 is 1.93 bits per heavy atom. The van der Waals surface area contributed by atoms with Gasteiger partial charge in [0.05, 0.1) is 7.11 Å². The monoisotopic (exact) mass is 380 g/mol. The van der Waals surface area contributed by atoms with Crippen molar-refractivity contribution in [2.45, 2.75) is 0 Å². The molecule has 6 nitrogen and oxygen atoms in total. The number of hydrogen-bond acceptors (Lipinski definition) is 5. The average molecular weight is 380 g/mol. The third kappa shape index (κ3) is 3.46. The second-order valence-corrected chi connectivity index (χ2v) is 6.06. The highest BCUT2D eigenvalue weighted by molar-refractivity contribution is 6.04. The highest BCUT2D eigenvalue weighted by atomic mass is 19.1. The second-order valence-electron chi connectivity index (χ2n) is 6.06. The molecule has 3 aromatic rings. The number of amides is 1. The Bertz CT molecular complexity index is 1040.